The first-order valence-corrected chi connectivity index (χ1v) is 10.7. The van der Waals surface area contributed by atoms with Gasteiger partial charge < -0.3 is 9.64 Å². The average molecular weight is 373 g/mol. The van der Waals surface area contributed by atoms with Gasteiger partial charge in [-0.15, -0.1) is 0 Å². The lowest BCUT2D eigenvalue weighted by molar-refractivity contribution is 0.00750. The van der Waals surface area contributed by atoms with E-state index in [1.807, 2.05) is 46.4 Å². The van der Waals surface area contributed by atoms with Crippen LogP contribution in [0.4, 0.5) is 4.79 Å². The molecule has 1 heterocycles. The number of amides is 1. The maximum atomic E-state index is 12.6. The van der Waals surface area contributed by atoms with E-state index in [9.17, 15) is 9.00 Å². The van der Waals surface area contributed by atoms with Crippen LogP contribution in [0.1, 0.15) is 74.1 Å². The molecular weight excluding hydrogens is 336 g/mol. The van der Waals surface area contributed by atoms with Gasteiger partial charge in [0.05, 0.1) is 15.7 Å². The number of likely N-dealkylation sites (tertiary alicyclic amines) is 1. The van der Waals surface area contributed by atoms with E-state index in [0.29, 0.717) is 5.92 Å². The number of nitrogens with zero attached hydrogens (tertiary/aromatic N) is 1. The molecule has 3 atom stereocenters. The van der Waals surface area contributed by atoms with Crippen molar-refractivity contribution >= 4 is 17.1 Å². The van der Waals surface area contributed by atoms with E-state index in [-0.39, 0.29) is 22.3 Å². The minimum atomic E-state index is -1.06. The standard InChI is InChI=1S/C19H36N2O3S/c1-14-8-9-19(15(14)20-25(23)18(5,6)7)10-12-21(13-11-19)16(22)24-17(2,3)4/h14-15,20H,8-13H2,1-7H3/t14?,15-,25+/m1/s1. The SMILES string of the molecule is CC1CCC2(CCN(C(=O)OC(C)(C)C)CC2)[C@@H]1N[S@@](=O)C(C)(C)C. The molecule has 5 nitrogen and oxygen atoms in total. The summed E-state index contributed by atoms with van der Waals surface area (Å²) in [6.07, 6.45) is 4.00. The molecule has 2 aliphatic rings. The summed E-state index contributed by atoms with van der Waals surface area (Å²) in [4.78, 5) is 14.1. The third-order valence-corrected chi connectivity index (χ3v) is 7.11. The summed E-state index contributed by atoms with van der Waals surface area (Å²) in [5.41, 5.74) is -0.305. The van der Waals surface area contributed by atoms with Crippen molar-refractivity contribution < 1.29 is 13.7 Å². The Morgan fingerprint density at radius 2 is 1.68 bits per heavy atom. The van der Waals surface area contributed by atoms with Crippen molar-refractivity contribution in [1.29, 1.82) is 0 Å². The van der Waals surface area contributed by atoms with Crippen LogP contribution < -0.4 is 4.72 Å². The van der Waals surface area contributed by atoms with E-state index in [0.717, 1.165) is 38.8 Å². The Labute approximate surface area is 155 Å². The Bertz CT molecular complexity index is 514. The molecule has 0 aromatic carbocycles. The summed E-state index contributed by atoms with van der Waals surface area (Å²) in [5, 5.41) is 0. The van der Waals surface area contributed by atoms with Gasteiger partial charge in [-0.2, -0.15) is 0 Å². The fraction of sp³-hybridized carbons (Fsp3) is 0.947. The Morgan fingerprint density at radius 1 is 1.12 bits per heavy atom. The van der Waals surface area contributed by atoms with Gasteiger partial charge >= 0.3 is 6.09 Å². The fourth-order valence-corrected chi connectivity index (χ4v) is 5.06. The van der Waals surface area contributed by atoms with E-state index in [1.54, 1.807) is 0 Å². The second-order valence-corrected chi connectivity index (χ2v) is 11.8. The van der Waals surface area contributed by atoms with Crippen molar-refractivity contribution in [3.05, 3.63) is 0 Å². The number of carbonyl (C=O) groups excluding carboxylic acids is 1. The number of ether oxygens (including phenoxy) is 1. The zero-order valence-corrected chi connectivity index (χ0v) is 17.8. The Hall–Kier alpha value is -0.620. The number of piperidine rings is 1. The number of hydrogen-bond acceptors (Lipinski definition) is 3. The Kier molecular flexibility index (Phi) is 5.94. The second-order valence-electron chi connectivity index (χ2n) is 9.82. The number of rotatable bonds is 2. The summed E-state index contributed by atoms with van der Waals surface area (Å²) in [6, 6.07) is 0.258. The van der Waals surface area contributed by atoms with Crippen LogP contribution in [0.15, 0.2) is 0 Å². The van der Waals surface area contributed by atoms with E-state index >= 15 is 0 Å². The molecule has 2 rings (SSSR count). The number of carbonyl (C=O) groups is 1. The molecule has 1 aliphatic carbocycles. The maximum absolute atomic E-state index is 12.6. The van der Waals surface area contributed by atoms with Crippen molar-refractivity contribution in [3.63, 3.8) is 0 Å². The van der Waals surface area contributed by atoms with Gasteiger partial charge in [-0.05, 0) is 78.6 Å². The van der Waals surface area contributed by atoms with Crippen molar-refractivity contribution in [2.24, 2.45) is 11.3 Å². The van der Waals surface area contributed by atoms with Crippen LogP contribution in [-0.2, 0) is 15.7 Å². The van der Waals surface area contributed by atoms with Gasteiger partial charge in [-0.1, -0.05) is 6.92 Å². The molecule has 25 heavy (non-hydrogen) atoms. The molecule has 6 heteroatoms. The molecule has 146 valence electrons. The molecular formula is C19H36N2O3S. The lowest BCUT2D eigenvalue weighted by atomic mass is 9.73. The predicted molar refractivity (Wildman–Crippen MR) is 103 cm³/mol. The molecule has 1 saturated heterocycles. The normalized spacial score (nSPS) is 28.2. The number of hydrogen-bond donors (Lipinski definition) is 1. The zero-order chi connectivity index (χ0) is 19.0. The first kappa shape index (κ1) is 20.7. The van der Waals surface area contributed by atoms with Gasteiger partial charge in [-0.3, -0.25) is 0 Å². The Morgan fingerprint density at radius 3 is 2.16 bits per heavy atom. The van der Waals surface area contributed by atoms with Crippen LogP contribution in [0, 0.1) is 11.3 Å². The summed E-state index contributed by atoms with van der Waals surface area (Å²) >= 11 is 0. The highest BCUT2D eigenvalue weighted by Gasteiger charge is 2.49. The van der Waals surface area contributed by atoms with Gasteiger partial charge in [0.2, 0.25) is 0 Å². The van der Waals surface area contributed by atoms with E-state index in [1.165, 1.54) is 0 Å². The van der Waals surface area contributed by atoms with Crippen LogP contribution in [0.3, 0.4) is 0 Å². The average Bonchev–Trinajstić information content (AvgIpc) is 2.75. The maximum Gasteiger partial charge on any atom is 0.410 e. The highest BCUT2D eigenvalue weighted by Crippen LogP contribution is 2.49. The first-order chi connectivity index (χ1) is 11.3. The molecule has 1 N–H and O–H groups in total. The zero-order valence-electron chi connectivity index (χ0n) is 17.0. The van der Waals surface area contributed by atoms with Crippen LogP contribution in [0.25, 0.3) is 0 Å². The van der Waals surface area contributed by atoms with Crippen molar-refractivity contribution in [3.8, 4) is 0 Å². The minimum absolute atomic E-state index is 0.152. The molecule has 1 saturated carbocycles. The first-order valence-electron chi connectivity index (χ1n) is 9.50. The molecule has 0 aromatic heterocycles. The summed E-state index contributed by atoms with van der Waals surface area (Å²) in [7, 11) is -1.06. The molecule has 1 spiro atoms. The highest BCUT2D eigenvalue weighted by atomic mass is 32.2. The summed E-state index contributed by atoms with van der Waals surface area (Å²) in [6.45, 7) is 15.4. The van der Waals surface area contributed by atoms with Crippen molar-refractivity contribution in [1.82, 2.24) is 9.62 Å². The minimum Gasteiger partial charge on any atom is -0.444 e. The van der Waals surface area contributed by atoms with Crippen LogP contribution in [0.5, 0.6) is 0 Å². The quantitative estimate of drug-likeness (QED) is 0.801. The van der Waals surface area contributed by atoms with E-state index < -0.39 is 16.6 Å². The van der Waals surface area contributed by atoms with Gasteiger partial charge in [0.15, 0.2) is 0 Å². The molecule has 2 fully saturated rings. The lowest BCUT2D eigenvalue weighted by Crippen LogP contribution is -2.54. The largest absolute Gasteiger partial charge is 0.444 e. The molecule has 1 aliphatic heterocycles. The molecule has 0 bridgehead atoms. The van der Waals surface area contributed by atoms with E-state index in [4.69, 9.17) is 4.74 Å². The molecule has 1 unspecified atom stereocenters. The molecule has 0 aromatic rings. The monoisotopic (exact) mass is 372 g/mol. The van der Waals surface area contributed by atoms with Gasteiger partial charge in [0.25, 0.3) is 0 Å². The topological polar surface area (TPSA) is 58.6 Å². The van der Waals surface area contributed by atoms with E-state index in [2.05, 4.69) is 11.6 Å². The lowest BCUT2D eigenvalue weighted by Gasteiger charge is -2.44. The van der Waals surface area contributed by atoms with Gasteiger partial charge in [0, 0.05) is 19.1 Å². The van der Waals surface area contributed by atoms with Crippen molar-refractivity contribution in [2.45, 2.75) is 90.5 Å². The summed E-state index contributed by atoms with van der Waals surface area (Å²) in [5.74, 6) is 0.513. The Balaban J connectivity index is 2.02. The second kappa shape index (κ2) is 7.18. The molecule has 1 amide bonds. The smallest absolute Gasteiger partial charge is 0.410 e. The van der Waals surface area contributed by atoms with Crippen LogP contribution in [-0.4, -0.2) is 44.7 Å². The number of nitrogens with one attached hydrogen (secondary N) is 1. The highest BCUT2D eigenvalue weighted by molar-refractivity contribution is 7.84. The molecule has 0 radical (unpaired) electrons. The third kappa shape index (κ3) is 4.97. The fourth-order valence-electron chi connectivity index (χ4n) is 4.00. The van der Waals surface area contributed by atoms with Crippen molar-refractivity contribution in [2.75, 3.05) is 13.1 Å². The summed E-state index contributed by atoms with van der Waals surface area (Å²) < 4.78 is 21.3. The van der Waals surface area contributed by atoms with Gasteiger partial charge in [-0.25, -0.2) is 13.7 Å². The van der Waals surface area contributed by atoms with Gasteiger partial charge in [0.1, 0.15) is 5.60 Å². The third-order valence-electron chi connectivity index (χ3n) is 5.53. The predicted octanol–water partition coefficient (Wildman–Crippen LogP) is 3.85. The van der Waals surface area contributed by atoms with Crippen LogP contribution >= 0.6 is 0 Å². The van der Waals surface area contributed by atoms with Crippen LogP contribution in [0.2, 0.25) is 0 Å².